The van der Waals surface area contributed by atoms with E-state index in [1.54, 1.807) is 0 Å². The Labute approximate surface area is 79.3 Å². The molecule has 8 heavy (non-hydrogen) atoms. The van der Waals surface area contributed by atoms with Gasteiger partial charge in [-0.1, -0.05) is 0 Å². The summed E-state index contributed by atoms with van der Waals surface area (Å²) >= 11 is 8.92. The van der Waals surface area contributed by atoms with Crippen LogP contribution in [0.25, 0.3) is 0 Å². The predicted octanol–water partition coefficient (Wildman–Crippen LogP) is -1.31. The Hall–Kier alpha value is 1.82. The smallest absolute Gasteiger partial charge is 1.00 e. The van der Waals surface area contributed by atoms with Crippen LogP contribution in [-0.2, 0) is 16.0 Å². The average Bonchev–Trinajstić information content (AvgIpc) is 1.69. The fraction of sp³-hybridized carbons (Fsp3) is 1.00. The van der Waals surface area contributed by atoms with Gasteiger partial charge in [0.2, 0.25) is 0 Å². The summed E-state index contributed by atoms with van der Waals surface area (Å²) in [5.74, 6) is 2.55. The van der Waals surface area contributed by atoms with Gasteiger partial charge in [0.25, 0.3) is 0 Å². The molecule has 0 unspecified atom stereocenters. The van der Waals surface area contributed by atoms with Gasteiger partial charge in [0.05, 0.1) is 0 Å². The molecule has 0 aromatic heterocycles. The maximum atomic E-state index is 5.15. The van der Waals surface area contributed by atoms with Crippen molar-refractivity contribution in [3.05, 3.63) is 0 Å². The molecule has 0 saturated carbocycles. The van der Waals surface area contributed by atoms with Crippen LogP contribution in [0.2, 0.25) is 0 Å². The molecule has 4 heteroatoms. The van der Waals surface area contributed by atoms with Gasteiger partial charge in [-0.25, -0.2) is 0 Å². The summed E-state index contributed by atoms with van der Waals surface area (Å²) in [6.07, 6.45) is 1.35. The largest absolute Gasteiger partial charge is 1.00 e. The monoisotopic (exact) mass is 189 g/mol. The minimum absolute atomic E-state index is 0. The fourth-order valence-corrected chi connectivity index (χ4v) is 3.21. The maximum Gasteiger partial charge on any atom is 1.00 e. The first-order valence-electron chi connectivity index (χ1n) is 2.22. The summed E-state index contributed by atoms with van der Waals surface area (Å²) in [6, 6.07) is 0. The number of thioether (sulfide) groups is 2. The Morgan fingerprint density at radius 2 is 1.75 bits per heavy atom. The van der Waals surface area contributed by atoms with E-state index >= 15 is 0 Å². The van der Waals surface area contributed by atoms with Gasteiger partial charge in [0.1, 0.15) is 0 Å². The molecule has 0 aromatic carbocycles. The SMILES string of the molecule is [Cu-][CH]1SCCCS1.[Li+]. The average molecular weight is 190 g/mol. The molecule has 1 aliphatic heterocycles. The Bertz CT molecular complexity index is 56.0. The van der Waals surface area contributed by atoms with Gasteiger partial charge in [-0.3, -0.25) is 0 Å². The molecule has 0 radical (unpaired) electrons. The van der Waals surface area contributed by atoms with E-state index in [4.69, 9.17) is 16.0 Å². The molecule has 0 bridgehead atoms. The van der Waals surface area contributed by atoms with E-state index in [9.17, 15) is 0 Å². The number of hydrogen-bond acceptors (Lipinski definition) is 2. The summed E-state index contributed by atoms with van der Waals surface area (Å²) < 4.78 is 0.432. The minimum atomic E-state index is 0. The van der Waals surface area contributed by atoms with Gasteiger partial charge in [0, 0.05) is 0 Å². The van der Waals surface area contributed by atoms with Crippen molar-refractivity contribution in [2.75, 3.05) is 11.5 Å². The van der Waals surface area contributed by atoms with E-state index in [1.807, 2.05) is 23.5 Å². The summed E-state index contributed by atoms with van der Waals surface area (Å²) in [5.41, 5.74) is 0. The van der Waals surface area contributed by atoms with E-state index in [1.165, 1.54) is 17.9 Å². The van der Waals surface area contributed by atoms with Crippen molar-refractivity contribution < 1.29 is 34.9 Å². The van der Waals surface area contributed by atoms with Crippen LogP contribution in [-0.4, -0.2) is 15.0 Å². The molecular formula is C4H7CuLiS2. The summed E-state index contributed by atoms with van der Waals surface area (Å²) in [6.45, 7) is 0. The Morgan fingerprint density at radius 3 is 2.00 bits per heavy atom. The Balaban J connectivity index is 0.000000490. The van der Waals surface area contributed by atoms with Crippen molar-refractivity contribution in [2.24, 2.45) is 0 Å². The molecule has 0 aromatic rings. The molecule has 0 N–H and O–H groups in total. The molecule has 0 amide bonds. The molecule has 1 fully saturated rings. The molecule has 1 rings (SSSR count). The first kappa shape index (κ1) is 9.82. The second-order valence-electron chi connectivity index (χ2n) is 1.33. The van der Waals surface area contributed by atoms with Crippen molar-refractivity contribution in [1.29, 1.82) is 0 Å². The van der Waals surface area contributed by atoms with Crippen LogP contribution in [0.15, 0.2) is 0 Å². The van der Waals surface area contributed by atoms with Crippen LogP contribution in [0, 0.1) is 0 Å². The van der Waals surface area contributed by atoms with Crippen LogP contribution in [0.4, 0.5) is 0 Å². The molecule has 0 atom stereocenters. The third-order valence-corrected chi connectivity index (χ3v) is 4.04. The van der Waals surface area contributed by atoms with Crippen molar-refractivity contribution in [1.82, 2.24) is 0 Å². The minimum Gasteiger partial charge on any atom is 1.00 e. The fourth-order valence-electron chi connectivity index (χ4n) is 0.441. The zero-order chi connectivity index (χ0) is 5.11. The molecule has 1 saturated heterocycles. The summed E-state index contributed by atoms with van der Waals surface area (Å²) in [7, 11) is 0. The van der Waals surface area contributed by atoms with Gasteiger partial charge >= 0.3 is 79.8 Å². The van der Waals surface area contributed by atoms with E-state index in [0.29, 0.717) is 3.48 Å². The maximum absolute atomic E-state index is 5.15. The quantitative estimate of drug-likeness (QED) is 0.435. The molecule has 0 aliphatic carbocycles. The Morgan fingerprint density at radius 1 is 1.25 bits per heavy atom. The molecule has 0 nitrogen and oxygen atoms in total. The van der Waals surface area contributed by atoms with Gasteiger partial charge in [-0.05, 0) is 0 Å². The third-order valence-electron chi connectivity index (χ3n) is 0.761. The van der Waals surface area contributed by atoms with Crippen molar-refractivity contribution in [3.63, 3.8) is 0 Å². The van der Waals surface area contributed by atoms with Crippen molar-refractivity contribution in [2.45, 2.75) is 9.90 Å². The molecule has 1 aliphatic rings. The first-order chi connectivity index (χ1) is 3.39. The zero-order valence-corrected chi connectivity index (χ0v) is 7.39. The molecule has 0 spiro atoms. The van der Waals surface area contributed by atoms with Gasteiger partial charge in [0.15, 0.2) is 0 Å². The molecule has 1 heterocycles. The Kier molecular flexibility index (Phi) is 6.86. The molecular weight excluding hydrogens is 183 g/mol. The third kappa shape index (κ3) is 3.77. The van der Waals surface area contributed by atoms with E-state index in [-0.39, 0.29) is 18.9 Å². The van der Waals surface area contributed by atoms with Gasteiger partial charge in [-0.2, -0.15) is 0 Å². The van der Waals surface area contributed by atoms with Crippen molar-refractivity contribution >= 4 is 23.5 Å². The number of rotatable bonds is 0. The van der Waals surface area contributed by atoms with E-state index in [0.717, 1.165) is 0 Å². The van der Waals surface area contributed by atoms with Crippen LogP contribution in [0.1, 0.15) is 6.42 Å². The second-order valence-corrected chi connectivity index (χ2v) is 5.20. The normalized spacial score (nSPS) is 22.2. The topological polar surface area (TPSA) is 0 Å². The van der Waals surface area contributed by atoms with E-state index in [2.05, 4.69) is 0 Å². The summed E-state index contributed by atoms with van der Waals surface area (Å²) in [5, 5.41) is 0. The predicted molar refractivity (Wildman–Crippen MR) is 33.3 cm³/mol. The van der Waals surface area contributed by atoms with Gasteiger partial charge in [-0.15, -0.1) is 0 Å². The van der Waals surface area contributed by atoms with Crippen molar-refractivity contribution in [3.8, 4) is 0 Å². The van der Waals surface area contributed by atoms with Crippen LogP contribution < -0.4 is 18.9 Å². The summed E-state index contributed by atoms with van der Waals surface area (Å²) in [4.78, 5) is 0. The van der Waals surface area contributed by atoms with Crippen LogP contribution in [0.3, 0.4) is 0 Å². The zero-order valence-electron chi connectivity index (χ0n) is 4.82. The first-order valence-corrected chi connectivity index (χ1v) is 4.86. The standard InChI is InChI=1S/C4H7S2.Cu.Li/c1-2-5-4-6-3-1;;/h4H,1-3H2;;/q;-1;+1. The van der Waals surface area contributed by atoms with Crippen LogP contribution in [0.5, 0.6) is 0 Å². The van der Waals surface area contributed by atoms with E-state index < -0.39 is 0 Å². The van der Waals surface area contributed by atoms with Crippen LogP contribution >= 0.6 is 23.5 Å². The van der Waals surface area contributed by atoms with Gasteiger partial charge < -0.3 is 0 Å². The molecule has 47 valence electrons. The number of hydrogen-bond donors (Lipinski definition) is 0. The second kappa shape index (κ2) is 5.59.